The molecule has 0 amide bonds. The first-order valence-electron chi connectivity index (χ1n) is 5.64. The molecule has 0 bridgehead atoms. The van der Waals surface area contributed by atoms with Crippen molar-refractivity contribution in [3.63, 3.8) is 0 Å². The van der Waals surface area contributed by atoms with Crippen molar-refractivity contribution in [3.05, 3.63) is 51.7 Å². The minimum atomic E-state index is 0.212. The summed E-state index contributed by atoms with van der Waals surface area (Å²) in [4.78, 5) is 2.86. The molecule has 1 aromatic carbocycles. The molecular weight excluding hydrogens is 296 g/mol. The molecule has 3 heteroatoms. The first kappa shape index (κ1) is 12.7. The van der Waals surface area contributed by atoms with Crippen LogP contribution in [-0.2, 0) is 0 Å². The molecule has 0 saturated heterocycles. The van der Waals surface area contributed by atoms with Crippen LogP contribution in [0.3, 0.4) is 0 Å². The summed E-state index contributed by atoms with van der Waals surface area (Å²) < 4.78 is 5.66. The molecule has 0 aliphatic heterocycles. The van der Waals surface area contributed by atoms with Gasteiger partial charge in [0.05, 0.1) is 11.4 Å². The van der Waals surface area contributed by atoms with Crippen LogP contribution in [0, 0.1) is 6.92 Å². The van der Waals surface area contributed by atoms with Crippen LogP contribution in [0.1, 0.15) is 27.1 Å². The van der Waals surface area contributed by atoms with Gasteiger partial charge >= 0.3 is 0 Å². The van der Waals surface area contributed by atoms with Crippen molar-refractivity contribution in [3.8, 4) is 5.75 Å². The van der Waals surface area contributed by atoms with Crippen molar-refractivity contribution in [2.24, 2.45) is 0 Å². The Bertz CT molecular complexity index is 492. The largest absolute Gasteiger partial charge is 0.494 e. The topological polar surface area (TPSA) is 9.23 Å². The number of halogens is 1. The van der Waals surface area contributed by atoms with E-state index in [9.17, 15) is 0 Å². The van der Waals surface area contributed by atoms with Crippen LogP contribution in [0.4, 0.5) is 0 Å². The van der Waals surface area contributed by atoms with E-state index in [1.54, 1.807) is 0 Å². The van der Waals surface area contributed by atoms with Gasteiger partial charge in [-0.25, -0.2) is 0 Å². The number of hydrogen-bond acceptors (Lipinski definition) is 2. The molecule has 0 spiro atoms. The molecule has 17 heavy (non-hydrogen) atoms. The third-order valence-electron chi connectivity index (χ3n) is 2.50. The molecule has 0 fully saturated rings. The summed E-state index contributed by atoms with van der Waals surface area (Å²) in [6.07, 6.45) is 0. The Morgan fingerprint density at radius 2 is 2.00 bits per heavy atom. The van der Waals surface area contributed by atoms with Crippen molar-refractivity contribution in [1.29, 1.82) is 0 Å². The second kappa shape index (κ2) is 5.69. The molecule has 2 aromatic rings. The van der Waals surface area contributed by atoms with E-state index >= 15 is 0 Å². The minimum absolute atomic E-state index is 0.212. The summed E-state index contributed by atoms with van der Waals surface area (Å²) in [7, 11) is 0. The maximum Gasteiger partial charge on any atom is 0.123 e. The number of para-hydroxylation sites is 1. The number of rotatable bonds is 4. The molecule has 1 atom stereocenters. The van der Waals surface area contributed by atoms with Crippen molar-refractivity contribution >= 4 is 27.3 Å². The van der Waals surface area contributed by atoms with Crippen LogP contribution in [-0.4, -0.2) is 6.61 Å². The Morgan fingerprint density at radius 3 is 2.65 bits per heavy atom. The maximum absolute atomic E-state index is 5.66. The van der Waals surface area contributed by atoms with Crippen molar-refractivity contribution in [1.82, 2.24) is 0 Å². The summed E-state index contributed by atoms with van der Waals surface area (Å²) in [6.45, 7) is 4.83. The lowest BCUT2D eigenvalue weighted by atomic mass is 10.1. The lowest BCUT2D eigenvalue weighted by molar-refractivity contribution is 0.337. The highest BCUT2D eigenvalue weighted by atomic mass is 79.9. The average Bonchev–Trinajstić information content (AvgIpc) is 2.76. The van der Waals surface area contributed by atoms with Gasteiger partial charge < -0.3 is 4.74 Å². The summed E-state index contributed by atoms with van der Waals surface area (Å²) in [5.74, 6) is 0.961. The zero-order valence-corrected chi connectivity index (χ0v) is 12.3. The highest BCUT2D eigenvalue weighted by Crippen LogP contribution is 2.39. The number of aryl methyl sites for hydroxylation is 1. The van der Waals surface area contributed by atoms with Crippen molar-refractivity contribution in [2.75, 3.05) is 6.61 Å². The standard InChI is InChI=1S/C14H15BrOS/c1-3-16-12-7-5-4-6-11(12)14(15)13-9-8-10(2)17-13/h4-9,14H,3H2,1-2H3. The van der Waals surface area contributed by atoms with E-state index < -0.39 is 0 Å². The van der Waals surface area contributed by atoms with Gasteiger partial charge in [-0.05, 0) is 32.0 Å². The number of alkyl halides is 1. The number of benzene rings is 1. The minimum Gasteiger partial charge on any atom is -0.494 e. The molecule has 90 valence electrons. The third-order valence-corrected chi connectivity index (χ3v) is 4.86. The van der Waals surface area contributed by atoms with Gasteiger partial charge in [0, 0.05) is 15.3 Å². The first-order valence-corrected chi connectivity index (χ1v) is 7.37. The SMILES string of the molecule is CCOc1ccccc1C(Br)c1ccc(C)s1. The van der Waals surface area contributed by atoms with E-state index in [-0.39, 0.29) is 4.83 Å². The highest BCUT2D eigenvalue weighted by Gasteiger charge is 2.16. The molecule has 1 aromatic heterocycles. The van der Waals surface area contributed by atoms with Gasteiger partial charge in [-0.3, -0.25) is 0 Å². The van der Waals surface area contributed by atoms with E-state index in [0.717, 1.165) is 5.75 Å². The number of ether oxygens (including phenoxy) is 1. The molecule has 2 rings (SSSR count). The first-order chi connectivity index (χ1) is 8.22. The van der Waals surface area contributed by atoms with Crippen LogP contribution in [0.2, 0.25) is 0 Å². The van der Waals surface area contributed by atoms with Gasteiger partial charge in [-0.1, -0.05) is 34.1 Å². The molecule has 0 N–H and O–H groups in total. The van der Waals surface area contributed by atoms with Gasteiger partial charge in [0.2, 0.25) is 0 Å². The monoisotopic (exact) mass is 310 g/mol. The van der Waals surface area contributed by atoms with E-state index in [1.165, 1.54) is 15.3 Å². The summed E-state index contributed by atoms with van der Waals surface area (Å²) in [6, 6.07) is 12.5. The van der Waals surface area contributed by atoms with Gasteiger partial charge in [-0.15, -0.1) is 11.3 Å². The molecule has 0 radical (unpaired) electrons. The van der Waals surface area contributed by atoms with Gasteiger partial charge in [0.1, 0.15) is 5.75 Å². The number of thiophene rings is 1. The smallest absolute Gasteiger partial charge is 0.123 e. The summed E-state index contributed by atoms with van der Waals surface area (Å²) >= 11 is 5.57. The molecule has 0 aliphatic rings. The van der Waals surface area contributed by atoms with E-state index in [0.29, 0.717) is 6.61 Å². The lowest BCUT2D eigenvalue weighted by Crippen LogP contribution is -1.98. The van der Waals surface area contributed by atoms with E-state index in [4.69, 9.17) is 4.74 Å². The van der Waals surface area contributed by atoms with Crippen molar-refractivity contribution < 1.29 is 4.74 Å². The van der Waals surface area contributed by atoms with E-state index in [2.05, 4.69) is 41.1 Å². The molecule has 1 unspecified atom stereocenters. The fourth-order valence-electron chi connectivity index (χ4n) is 1.72. The second-order valence-electron chi connectivity index (χ2n) is 3.78. The molecule has 1 heterocycles. The van der Waals surface area contributed by atoms with Crippen LogP contribution in [0.5, 0.6) is 5.75 Å². The fraction of sp³-hybridized carbons (Fsp3) is 0.286. The number of hydrogen-bond donors (Lipinski definition) is 0. The zero-order valence-electron chi connectivity index (χ0n) is 9.94. The molecular formula is C14H15BrOS. The van der Waals surface area contributed by atoms with Crippen LogP contribution in [0.25, 0.3) is 0 Å². The Labute approximate surface area is 115 Å². The average molecular weight is 311 g/mol. The second-order valence-corrected chi connectivity index (χ2v) is 6.02. The van der Waals surface area contributed by atoms with Gasteiger partial charge in [0.25, 0.3) is 0 Å². The maximum atomic E-state index is 5.66. The van der Waals surface area contributed by atoms with Crippen molar-refractivity contribution in [2.45, 2.75) is 18.7 Å². The Kier molecular flexibility index (Phi) is 4.24. The Balaban J connectivity index is 2.33. The quantitative estimate of drug-likeness (QED) is 0.727. The van der Waals surface area contributed by atoms with Gasteiger partial charge in [-0.2, -0.15) is 0 Å². The Hall–Kier alpha value is -0.800. The van der Waals surface area contributed by atoms with Gasteiger partial charge in [0.15, 0.2) is 0 Å². The van der Waals surface area contributed by atoms with E-state index in [1.807, 2.05) is 36.5 Å². The summed E-state index contributed by atoms with van der Waals surface area (Å²) in [5.41, 5.74) is 1.19. The summed E-state index contributed by atoms with van der Waals surface area (Å²) in [5, 5.41) is 0. The predicted octanol–water partition coefficient (Wildman–Crippen LogP) is 4.94. The molecule has 1 nitrogen and oxygen atoms in total. The molecule has 0 saturated carbocycles. The Morgan fingerprint density at radius 1 is 1.24 bits per heavy atom. The zero-order chi connectivity index (χ0) is 12.3. The van der Waals surface area contributed by atoms with Crippen LogP contribution < -0.4 is 4.74 Å². The molecule has 0 aliphatic carbocycles. The lowest BCUT2D eigenvalue weighted by Gasteiger charge is -2.13. The highest BCUT2D eigenvalue weighted by molar-refractivity contribution is 9.09. The van der Waals surface area contributed by atoms with Crippen LogP contribution in [0.15, 0.2) is 36.4 Å². The predicted molar refractivity (Wildman–Crippen MR) is 77.4 cm³/mol. The fourth-order valence-corrected chi connectivity index (χ4v) is 3.41. The third kappa shape index (κ3) is 2.90. The normalized spacial score (nSPS) is 12.4. The van der Waals surface area contributed by atoms with Crippen LogP contribution >= 0.6 is 27.3 Å².